The number of hydrogen-bond donors (Lipinski definition) is 1. The van der Waals surface area contributed by atoms with Crippen molar-refractivity contribution in [3.05, 3.63) is 41.6 Å². The summed E-state index contributed by atoms with van der Waals surface area (Å²) in [6.07, 6.45) is 2.01. The molecule has 0 saturated carbocycles. The lowest BCUT2D eigenvalue weighted by atomic mass is 10.1. The minimum Gasteiger partial charge on any atom is -0.488 e. The zero-order valence-electron chi connectivity index (χ0n) is 20.1. The van der Waals surface area contributed by atoms with Crippen molar-refractivity contribution in [1.29, 1.82) is 0 Å². The molecule has 186 valence electrons. The van der Waals surface area contributed by atoms with Crippen LogP contribution in [-0.4, -0.2) is 70.6 Å². The van der Waals surface area contributed by atoms with Gasteiger partial charge in [-0.05, 0) is 43.2 Å². The number of ether oxygens (including phenoxy) is 3. The molecule has 0 spiro atoms. The number of amides is 1. The van der Waals surface area contributed by atoms with Crippen LogP contribution in [0.5, 0.6) is 11.6 Å². The van der Waals surface area contributed by atoms with E-state index in [2.05, 4.69) is 16.0 Å². The van der Waals surface area contributed by atoms with Crippen LogP contribution >= 0.6 is 11.3 Å². The van der Waals surface area contributed by atoms with Crippen LogP contribution in [0.4, 0.5) is 4.79 Å². The van der Waals surface area contributed by atoms with Gasteiger partial charge in [-0.3, -0.25) is 0 Å². The molecule has 36 heavy (non-hydrogen) atoms. The van der Waals surface area contributed by atoms with Gasteiger partial charge in [0.05, 0.1) is 47.7 Å². The van der Waals surface area contributed by atoms with E-state index in [4.69, 9.17) is 19.2 Å². The molecule has 10 heteroatoms. The average molecular weight is 507 g/mol. The number of aromatic nitrogens is 3. The second kappa shape index (κ2) is 9.18. The molecule has 2 aliphatic rings. The highest BCUT2D eigenvalue weighted by molar-refractivity contribution is 7.22. The Hall–Kier alpha value is -3.50. The van der Waals surface area contributed by atoms with Crippen molar-refractivity contribution < 1.29 is 24.1 Å². The first-order valence-corrected chi connectivity index (χ1v) is 12.8. The quantitative estimate of drug-likeness (QED) is 0.406. The van der Waals surface area contributed by atoms with Crippen LogP contribution < -0.4 is 9.47 Å². The summed E-state index contributed by atoms with van der Waals surface area (Å²) in [5.41, 5.74) is 5.52. The number of rotatable bonds is 6. The Morgan fingerprint density at radius 2 is 2.14 bits per heavy atom. The van der Waals surface area contributed by atoms with Crippen molar-refractivity contribution in [3.63, 3.8) is 0 Å². The van der Waals surface area contributed by atoms with Crippen molar-refractivity contribution >= 4 is 38.7 Å². The van der Waals surface area contributed by atoms with E-state index in [1.54, 1.807) is 24.6 Å². The highest BCUT2D eigenvalue weighted by Gasteiger charge is 2.31. The van der Waals surface area contributed by atoms with Gasteiger partial charge in [0.2, 0.25) is 5.88 Å². The zero-order valence-corrected chi connectivity index (χ0v) is 20.9. The maximum Gasteiger partial charge on any atom is 0.407 e. The normalized spacial score (nSPS) is 18.9. The van der Waals surface area contributed by atoms with Crippen molar-refractivity contribution in [3.8, 4) is 22.2 Å². The van der Waals surface area contributed by atoms with E-state index in [9.17, 15) is 9.90 Å². The van der Waals surface area contributed by atoms with Gasteiger partial charge in [-0.15, -0.1) is 11.3 Å². The number of hydrogen-bond acceptors (Lipinski definition) is 8. The van der Waals surface area contributed by atoms with Crippen LogP contribution in [-0.2, 0) is 11.2 Å². The molecule has 2 aromatic heterocycles. The number of carboxylic acid groups (broad SMARTS) is 1. The molecule has 6 rings (SSSR count). The van der Waals surface area contributed by atoms with Crippen LogP contribution in [0.1, 0.15) is 17.5 Å². The molecule has 4 heterocycles. The topological polar surface area (TPSA) is 107 Å². The van der Waals surface area contributed by atoms with E-state index in [0.29, 0.717) is 38.6 Å². The lowest BCUT2D eigenvalue weighted by Crippen LogP contribution is -2.41. The van der Waals surface area contributed by atoms with E-state index < -0.39 is 6.09 Å². The van der Waals surface area contributed by atoms with Gasteiger partial charge >= 0.3 is 6.09 Å². The Morgan fingerprint density at radius 1 is 1.25 bits per heavy atom. The number of benzene rings is 2. The Labute approximate surface area is 211 Å². The van der Waals surface area contributed by atoms with Gasteiger partial charge in [0.25, 0.3) is 0 Å². The largest absolute Gasteiger partial charge is 0.488 e. The fraction of sp³-hybridized carbons (Fsp3) is 0.385. The van der Waals surface area contributed by atoms with Gasteiger partial charge in [0.15, 0.2) is 0 Å². The second-order valence-electron chi connectivity index (χ2n) is 9.36. The molecule has 1 unspecified atom stereocenters. The smallest absolute Gasteiger partial charge is 0.407 e. The maximum atomic E-state index is 11.9. The van der Waals surface area contributed by atoms with Gasteiger partial charge in [0, 0.05) is 36.6 Å². The highest BCUT2D eigenvalue weighted by atomic mass is 32.1. The number of aryl methyl sites for hydroxylation is 1. The Kier molecular flexibility index (Phi) is 5.85. The molecule has 9 nitrogen and oxygen atoms in total. The van der Waals surface area contributed by atoms with Crippen LogP contribution in [0.15, 0.2) is 30.5 Å². The SMILES string of the molecule is COc1cnc2c(-c3nc4ccc5c(c4s3)C[C@@H](CN(CC3CCOC3)C(=O)O)O5)cc(C)cc2n1. The zero-order chi connectivity index (χ0) is 24.8. The average Bonchev–Trinajstić information content (AvgIpc) is 3.61. The van der Waals surface area contributed by atoms with Gasteiger partial charge < -0.3 is 24.2 Å². The van der Waals surface area contributed by atoms with Crippen molar-refractivity contribution in [2.75, 3.05) is 33.4 Å². The first-order valence-electron chi connectivity index (χ1n) is 11.9. The van der Waals surface area contributed by atoms with Gasteiger partial charge in [-0.1, -0.05) is 0 Å². The van der Waals surface area contributed by atoms with E-state index in [1.807, 2.05) is 25.1 Å². The summed E-state index contributed by atoms with van der Waals surface area (Å²) in [6, 6.07) is 7.98. The molecule has 0 radical (unpaired) electrons. The Morgan fingerprint density at radius 3 is 2.92 bits per heavy atom. The molecule has 0 aliphatic carbocycles. The summed E-state index contributed by atoms with van der Waals surface area (Å²) >= 11 is 1.61. The fourth-order valence-electron chi connectivity index (χ4n) is 5.02. The van der Waals surface area contributed by atoms with Crippen LogP contribution in [0.25, 0.3) is 31.8 Å². The van der Waals surface area contributed by atoms with Crippen molar-refractivity contribution in [1.82, 2.24) is 19.9 Å². The third-order valence-corrected chi connectivity index (χ3v) is 7.91. The third-order valence-electron chi connectivity index (χ3n) is 6.75. The second-order valence-corrected chi connectivity index (χ2v) is 10.4. The predicted octanol–water partition coefficient (Wildman–Crippen LogP) is 4.54. The highest BCUT2D eigenvalue weighted by Crippen LogP contribution is 2.41. The van der Waals surface area contributed by atoms with E-state index in [0.717, 1.165) is 55.1 Å². The standard InChI is InChI=1S/C26H26N4O5S/c1-14-7-18(23-20(8-14)28-22(33-2)10-27-23)25-29-19-3-4-21-17(24(19)36-25)9-16(35-21)12-30(26(31)32)11-15-5-6-34-13-15/h3-4,7-8,10,15-16H,5-6,9,11-13H2,1-2H3,(H,31,32)/t15?,16-/m0/s1. The first-order chi connectivity index (χ1) is 17.5. The van der Waals surface area contributed by atoms with Gasteiger partial charge in [-0.2, -0.15) is 0 Å². The molecule has 4 aromatic rings. The number of methoxy groups -OCH3 is 1. The molecule has 1 saturated heterocycles. The van der Waals surface area contributed by atoms with E-state index >= 15 is 0 Å². The summed E-state index contributed by atoms with van der Waals surface area (Å²) in [4.78, 5) is 27.4. The molecule has 1 amide bonds. The van der Waals surface area contributed by atoms with Crippen molar-refractivity contribution in [2.45, 2.75) is 25.9 Å². The van der Waals surface area contributed by atoms with Crippen molar-refractivity contribution in [2.24, 2.45) is 5.92 Å². The number of nitrogens with zero attached hydrogens (tertiary/aromatic N) is 4. The monoisotopic (exact) mass is 506 g/mol. The van der Waals surface area contributed by atoms with Gasteiger partial charge in [0.1, 0.15) is 16.9 Å². The first kappa shape index (κ1) is 22.9. The lowest BCUT2D eigenvalue weighted by Gasteiger charge is -2.24. The number of thiazole rings is 1. The van der Waals surface area contributed by atoms with Crippen LogP contribution in [0.2, 0.25) is 0 Å². The van der Waals surface area contributed by atoms with E-state index in [1.165, 1.54) is 4.90 Å². The molecular weight excluding hydrogens is 480 g/mol. The molecule has 2 atom stereocenters. The molecule has 2 aromatic carbocycles. The van der Waals surface area contributed by atoms with E-state index in [-0.39, 0.29) is 12.0 Å². The fourth-order valence-corrected chi connectivity index (χ4v) is 6.15. The summed E-state index contributed by atoms with van der Waals surface area (Å²) in [6.45, 7) is 4.14. The Bertz CT molecular complexity index is 1470. The summed E-state index contributed by atoms with van der Waals surface area (Å²) in [5.74, 6) is 1.52. The third kappa shape index (κ3) is 4.20. The Balaban J connectivity index is 1.30. The molecule has 2 aliphatic heterocycles. The minimum atomic E-state index is -0.921. The molecule has 1 N–H and O–H groups in total. The molecule has 1 fully saturated rings. The number of carbonyl (C=O) groups is 1. The number of fused-ring (bicyclic) bond motifs is 4. The van der Waals surface area contributed by atoms with Gasteiger partial charge in [-0.25, -0.2) is 19.7 Å². The van der Waals surface area contributed by atoms with Crippen LogP contribution in [0.3, 0.4) is 0 Å². The minimum absolute atomic E-state index is 0.229. The van der Waals surface area contributed by atoms with Crippen LogP contribution in [0, 0.1) is 12.8 Å². The molecular formula is C26H26N4O5S. The molecule has 0 bridgehead atoms. The summed E-state index contributed by atoms with van der Waals surface area (Å²) < 4.78 is 17.9. The maximum absolute atomic E-state index is 11.9. The summed E-state index contributed by atoms with van der Waals surface area (Å²) in [5, 5.41) is 10.6. The lowest BCUT2D eigenvalue weighted by molar-refractivity contribution is 0.104. The predicted molar refractivity (Wildman–Crippen MR) is 136 cm³/mol. The summed E-state index contributed by atoms with van der Waals surface area (Å²) in [7, 11) is 1.58.